The molecule has 1 N–H and O–H groups in total. The number of ether oxygens (including phenoxy) is 5. The van der Waals surface area contributed by atoms with Gasteiger partial charge in [-0.05, 0) is 61.6 Å². The van der Waals surface area contributed by atoms with Crippen LogP contribution in [-0.2, 0) is 14.3 Å². The van der Waals surface area contributed by atoms with E-state index >= 15 is 0 Å². The molecule has 9 heteroatoms. The van der Waals surface area contributed by atoms with E-state index in [1.54, 1.807) is 41.4 Å². The summed E-state index contributed by atoms with van der Waals surface area (Å²) in [5.74, 6) is 1.06. The molecule has 0 radical (unpaired) electrons. The Morgan fingerprint density at radius 3 is 2.21 bits per heavy atom. The topological polar surface area (TPSA) is 92.3 Å². The molecule has 0 saturated heterocycles. The number of hydrogen-bond acceptors (Lipinski definition) is 8. The molecule has 0 amide bonds. The van der Waals surface area contributed by atoms with Gasteiger partial charge in [-0.15, -0.1) is 0 Å². The van der Waals surface area contributed by atoms with E-state index in [0.29, 0.717) is 50.7 Å². The smallest absolute Gasteiger partial charge is 0.336 e. The van der Waals surface area contributed by atoms with Crippen molar-refractivity contribution in [2.24, 2.45) is 0 Å². The van der Waals surface area contributed by atoms with E-state index in [2.05, 4.69) is 21.2 Å². The number of allylic oxidation sites excluding steroid dienone is 3. The number of benzene rings is 2. The third kappa shape index (κ3) is 4.99. The maximum atomic E-state index is 13.9. The molecule has 0 bridgehead atoms. The third-order valence-electron chi connectivity index (χ3n) is 7.02. The first kappa shape index (κ1) is 27.6. The number of Topliss-reactive ketones (excluding diaryl/α,β-unsaturated/α-hetero) is 1. The van der Waals surface area contributed by atoms with Crippen LogP contribution in [0.3, 0.4) is 0 Å². The zero-order valence-corrected chi connectivity index (χ0v) is 24.0. The first-order valence-electron chi connectivity index (χ1n) is 12.3. The van der Waals surface area contributed by atoms with Gasteiger partial charge in [0.25, 0.3) is 0 Å². The van der Waals surface area contributed by atoms with E-state index in [4.69, 9.17) is 23.7 Å². The van der Waals surface area contributed by atoms with Gasteiger partial charge in [-0.2, -0.15) is 0 Å². The second-order valence-corrected chi connectivity index (χ2v) is 9.94. The monoisotopic (exact) mass is 585 g/mol. The summed E-state index contributed by atoms with van der Waals surface area (Å²) < 4.78 is 28.0. The molecule has 0 spiro atoms. The van der Waals surface area contributed by atoms with Gasteiger partial charge >= 0.3 is 5.97 Å². The molecule has 1 heterocycles. The van der Waals surface area contributed by atoms with Gasteiger partial charge in [0.2, 0.25) is 0 Å². The van der Waals surface area contributed by atoms with E-state index < -0.39 is 11.9 Å². The van der Waals surface area contributed by atoms with Crippen molar-refractivity contribution in [2.75, 3.05) is 35.0 Å². The van der Waals surface area contributed by atoms with Crippen LogP contribution in [0, 0.1) is 0 Å². The van der Waals surface area contributed by atoms with Crippen LogP contribution in [0.1, 0.15) is 49.7 Å². The number of dihydropyridines is 1. The number of carbonyl (C=O) groups is 2. The number of carbonyl (C=O) groups excluding carboxylic acids is 2. The molecule has 202 valence electrons. The number of esters is 1. The Bertz CT molecular complexity index is 1330. The molecule has 0 fully saturated rings. The van der Waals surface area contributed by atoms with Crippen molar-refractivity contribution in [1.82, 2.24) is 5.32 Å². The summed E-state index contributed by atoms with van der Waals surface area (Å²) in [5, 5.41) is 3.37. The molecule has 2 aromatic carbocycles. The Morgan fingerprint density at radius 2 is 1.58 bits per heavy atom. The average Bonchev–Trinajstić information content (AvgIpc) is 2.91. The fourth-order valence-electron chi connectivity index (χ4n) is 5.26. The van der Waals surface area contributed by atoms with Crippen LogP contribution in [0.5, 0.6) is 23.0 Å². The van der Waals surface area contributed by atoms with Crippen LogP contribution < -0.4 is 24.3 Å². The lowest BCUT2D eigenvalue weighted by Gasteiger charge is -2.37. The summed E-state index contributed by atoms with van der Waals surface area (Å²) in [6, 6.07) is 9.32. The highest BCUT2D eigenvalue weighted by Gasteiger charge is 2.42. The Labute approximate surface area is 231 Å². The van der Waals surface area contributed by atoms with E-state index in [0.717, 1.165) is 16.8 Å². The van der Waals surface area contributed by atoms with E-state index in [1.165, 1.54) is 0 Å². The molecule has 2 aliphatic rings. The highest BCUT2D eigenvalue weighted by molar-refractivity contribution is 9.10. The van der Waals surface area contributed by atoms with E-state index in [1.807, 2.05) is 31.2 Å². The predicted molar refractivity (Wildman–Crippen MR) is 146 cm³/mol. The average molecular weight is 586 g/mol. The Kier molecular flexibility index (Phi) is 8.35. The zero-order valence-electron chi connectivity index (χ0n) is 22.4. The number of ketones is 1. The molecule has 1 aliphatic heterocycles. The second kappa shape index (κ2) is 11.5. The number of nitrogens with one attached hydrogen (secondary N) is 1. The lowest BCUT2D eigenvalue weighted by Crippen LogP contribution is -2.36. The highest BCUT2D eigenvalue weighted by atomic mass is 79.9. The molecule has 8 nitrogen and oxygen atoms in total. The lowest BCUT2D eigenvalue weighted by molar-refractivity contribution is -0.138. The van der Waals surface area contributed by atoms with Crippen LogP contribution in [0.15, 0.2) is 57.3 Å². The molecule has 2 aromatic rings. The SMILES string of the molecule is CCOC(=O)C1=C(C)NC2=C(C(=O)C[C@@H](c3ccc(OC)c(OC)c3)C2)[C@@H]1c1cc(OC)c(OC)cc1Br. The third-order valence-corrected chi connectivity index (χ3v) is 7.70. The van der Waals surface area contributed by atoms with Crippen molar-refractivity contribution in [1.29, 1.82) is 0 Å². The molecular weight excluding hydrogens is 554 g/mol. The first-order valence-corrected chi connectivity index (χ1v) is 13.1. The number of methoxy groups -OCH3 is 4. The quantitative estimate of drug-likeness (QED) is 0.411. The maximum Gasteiger partial charge on any atom is 0.336 e. The van der Waals surface area contributed by atoms with Crippen LogP contribution >= 0.6 is 15.9 Å². The highest BCUT2D eigenvalue weighted by Crippen LogP contribution is 2.49. The van der Waals surface area contributed by atoms with Crippen LogP contribution in [0.25, 0.3) is 0 Å². The van der Waals surface area contributed by atoms with Crippen LogP contribution in [0.2, 0.25) is 0 Å². The number of halogens is 1. The minimum atomic E-state index is -0.640. The van der Waals surface area contributed by atoms with Crippen molar-refractivity contribution in [3.05, 3.63) is 68.5 Å². The van der Waals surface area contributed by atoms with Crippen molar-refractivity contribution in [3.8, 4) is 23.0 Å². The van der Waals surface area contributed by atoms with Crippen molar-refractivity contribution < 1.29 is 33.3 Å². The second-order valence-electron chi connectivity index (χ2n) is 9.08. The van der Waals surface area contributed by atoms with Crippen LogP contribution in [0.4, 0.5) is 0 Å². The first-order chi connectivity index (χ1) is 18.3. The molecule has 2 atom stereocenters. The lowest BCUT2D eigenvalue weighted by atomic mass is 9.71. The molecule has 1 aliphatic carbocycles. The van der Waals surface area contributed by atoms with Gasteiger partial charge in [0.05, 0.1) is 40.6 Å². The fraction of sp³-hybridized carbons (Fsp3) is 0.379. The molecule has 0 saturated carbocycles. The molecule has 38 heavy (non-hydrogen) atoms. The summed E-state index contributed by atoms with van der Waals surface area (Å²) in [6.07, 6.45) is 0.873. The molecule has 0 unspecified atom stereocenters. The standard InChI is InChI=1S/C29H32BrNO7/c1-7-38-29(33)26-15(2)31-20-10-17(16-8-9-22(34-3)23(12-16)35-4)11-21(32)28(20)27(26)18-13-24(36-5)25(37-6)14-19(18)30/h8-9,12-14,17,27,31H,7,10-11H2,1-6H3/t17-,27+/m0/s1. The van der Waals surface area contributed by atoms with Gasteiger partial charge < -0.3 is 29.0 Å². The van der Waals surface area contributed by atoms with E-state index in [-0.39, 0.29) is 24.7 Å². The fourth-order valence-corrected chi connectivity index (χ4v) is 5.81. The van der Waals surface area contributed by atoms with Crippen molar-refractivity contribution in [2.45, 2.75) is 38.5 Å². The largest absolute Gasteiger partial charge is 0.493 e. The van der Waals surface area contributed by atoms with Gasteiger partial charge in [-0.25, -0.2) is 4.79 Å². The van der Waals surface area contributed by atoms with Gasteiger partial charge in [0, 0.05) is 33.8 Å². The van der Waals surface area contributed by atoms with Crippen LogP contribution in [-0.4, -0.2) is 46.8 Å². The summed E-state index contributed by atoms with van der Waals surface area (Å²) >= 11 is 3.65. The maximum absolute atomic E-state index is 13.9. The van der Waals surface area contributed by atoms with E-state index in [9.17, 15) is 9.59 Å². The van der Waals surface area contributed by atoms with Crippen molar-refractivity contribution >= 4 is 27.7 Å². The Morgan fingerprint density at radius 1 is 0.947 bits per heavy atom. The predicted octanol–water partition coefficient (Wildman–Crippen LogP) is 5.41. The Balaban J connectivity index is 1.84. The summed E-state index contributed by atoms with van der Waals surface area (Å²) in [4.78, 5) is 27.1. The minimum Gasteiger partial charge on any atom is -0.493 e. The van der Waals surface area contributed by atoms with Gasteiger partial charge in [0.15, 0.2) is 28.8 Å². The summed E-state index contributed by atoms with van der Waals surface area (Å²) in [7, 11) is 6.29. The summed E-state index contributed by atoms with van der Waals surface area (Å²) in [5.41, 5.74) is 4.09. The van der Waals surface area contributed by atoms with Gasteiger partial charge in [0.1, 0.15) is 0 Å². The van der Waals surface area contributed by atoms with Crippen molar-refractivity contribution in [3.63, 3.8) is 0 Å². The minimum absolute atomic E-state index is 0.0421. The van der Waals surface area contributed by atoms with Gasteiger partial charge in [-0.3, -0.25) is 4.79 Å². The Hall–Kier alpha value is -3.46. The molecular formula is C29H32BrNO7. The zero-order chi connectivity index (χ0) is 27.6. The summed E-state index contributed by atoms with van der Waals surface area (Å²) in [6.45, 7) is 3.81. The number of hydrogen-bond donors (Lipinski definition) is 1. The normalized spacial score (nSPS) is 19.0. The van der Waals surface area contributed by atoms with Gasteiger partial charge in [-0.1, -0.05) is 22.0 Å². The molecule has 4 rings (SSSR count). The number of rotatable bonds is 8. The molecule has 0 aromatic heterocycles.